The van der Waals surface area contributed by atoms with E-state index in [2.05, 4.69) is 0 Å². The minimum absolute atomic E-state index is 0.160. The molecule has 1 spiro atoms. The Morgan fingerprint density at radius 2 is 1.76 bits per heavy atom. The highest BCUT2D eigenvalue weighted by molar-refractivity contribution is 7.89. The van der Waals surface area contributed by atoms with Crippen molar-refractivity contribution in [1.82, 2.24) is 4.31 Å². The Bertz CT molecular complexity index is 931. The van der Waals surface area contributed by atoms with Crippen molar-refractivity contribution in [2.75, 3.05) is 19.7 Å². The van der Waals surface area contributed by atoms with E-state index < -0.39 is 15.8 Å². The highest BCUT2D eigenvalue weighted by Crippen LogP contribution is 2.44. The van der Waals surface area contributed by atoms with Crippen LogP contribution < -0.4 is 14.2 Å². The van der Waals surface area contributed by atoms with Gasteiger partial charge in [0.15, 0.2) is 11.5 Å². The van der Waals surface area contributed by atoms with Gasteiger partial charge in [0.25, 0.3) is 5.79 Å². The summed E-state index contributed by atoms with van der Waals surface area (Å²) in [7, 11) is -3.67. The highest BCUT2D eigenvalue weighted by atomic mass is 32.2. The summed E-state index contributed by atoms with van der Waals surface area (Å²) < 4.78 is 45.2. The molecule has 1 fully saturated rings. The van der Waals surface area contributed by atoms with Crippen LogP contribution in [0.5, 0.6) is 17.2 Å². The van der Waals surface area contributed by atoms with Crippen molar-refractivity contribution in [2.24, 2.45) is 0 Å². The van der Waals surface area contributed by atoms with Gasteiger partial charge in [0, 0.05) is 19.4 Å². The van der Waals surface area contributed by atoms with Crippen molar-refractivity contribution < 1.29 is 22.6 Å². The number of hydrogen-bond donors (Lipinski definition) is 0. The second-order valence-corrected chi connectivity index (χ2v) is 8.40. The number of hydrogen-bond acceptors (Lipinski definition) is 5. The predicted molar refractivity (Wildman–Crippen MR) is 89.4 cm³/mol. The number of rotatable bonds is 2. The molecule has 130 valence electrons. The summed E-state index contributed by atoms with van der Waals surface area (Å²) in [5, 5.41) is 0. The molecule has 6 nitrogen and oxygen atoms in total. The third kappa shape index (κ3) is 2.22. The second-order valence-electron chi connectivity index (χ2n) is 6.49. The Morgan fingerprint density at radius 1 is 1.00 bits per heavy atom. The highest BCUT2D eigenvalue weighted by Gasteiger charge is 2.51. The molecule has 0 saturated carbocycles. The van der Waals surface area contributed by atoms with Crippen LogP contribution in [0.25, 0.3) is 0 Å². The predicted octanol–water partition coefficient (Wildman–Crippen LogP) is 2.18. The van der Waals surface area contributed by atoms with E-state index in [1.807, 2.05) is 30.3 Å². The molecule has 0 atom stereocenters. The van der Waals surface area contributed by atoms with Crippen LogP contribution in [0, 0.1) is 0 Å². The monoisotopic (exact) mass is 359 g/mol. The van der Waals surface area contributed by atoms with Gasteiger partial charge in [-0.25, -0.2) is 8.42 Å². The van der Waals surface area contributed by atoms with Gasteiger partial charge in [0.2, 0.25) is 10.0 Å². The van der Waals surface area contributed by atoms with E-state index in [4.69, 9.17) is 14.2 Å². The Labute approximate surface area is 146 Å². The molecule has 7 heteroatoms. The summed E-state index contributed by atoms with van der Waals surface area (Å²) in [5.41, 5.74) is 0.941. The molecule has 0 N–H and O–H groups in total. The molecule has 1 saturated heterocycles. The third-order valence-corrected chi connectivity index (χ3v) is 6.77. The Hall–Kier alpha value is -2.25. The van der Waals surface area contributed by atoms with Crippen molar-refractivity contribution in [3.8, 4) is 17.2 Å². The quantitative estimate of drug-likeness (QED) is 0.822. The van der Waals surface area contributed by atoms with E-state index in [1.54, 1.807) is 12.1 Å². The lowest BCUT2D eigenvalue weighted by atomic mass is 10.2. The molecule has 0 amide bonds. The average molecular weight is 359 g/mol. The van der Waals surface area contributed by atoms with Crippen molar-refractivity contribution in [2.45, 2.75) is 23.5 Å². The van der Waals surface area contributed by atoms with Crippen LogP contribution in [-0.2, 0) is 16.4 Å². The Balaban J connectivity index is 1.45. The van der Waals surface area contributed by atoms with E-state index in [-0.39, 0.29) is 11.4 Å². The zero-order valence-electron chi connectivity index (χ0n) is 13.5. The molecule has 0 aromatic heterocycles. The topological polar surface area (TPSA) is 65.1 Å². The zero-order chi connectivity index (χ0) is 17.1. The summed E-state index contributed by atoms with van der Waals surface area (Å²) in [4.78, 5) is 0.232. The minimum atomic E-state index is -3.67. The molecule has 3 aliphatic heterocycles. The van der Waals surface area contributed by atoms with Gasteiger partial charge in [-0.3, -0.25) is 0 Å². The number of benzene rings is 2. The molecule has 0 radical (unpaired) electrons. The summed E-state index contributed by atoms with van der Waals surface area (Å²) in [6.45, 7) is 1.03. The smallest absolute Gasteiger partial charge is 0.266 e. The van der Waals surface area contributed by atoms with Crippen LogP contribution in [-0.4, -0.2) is 38.2 Å². The molecule has 0 aliphatic carbocycles. The first-order valence-electron chi connectivity index (χ1n) is 8.29. The lowest BCUT2D eigenvalue weighted by Crippen LogP contribution is -2.42. The fourth-order valence-corrected chi connectivity index (χ4v) is 5.31. The molecular formula is C18H17NO5S. The summed E-state index contributed by atoms with van der Waals surface area (Å²) in [6, 6.07) is 12.7. The van der Waals surface area contributed by atoms with Gasteiger partial charge in [-0.05, 0) is 23.8 Å². The van der Waals surface area contributed by atoms with E-state index in [0.29, 0.717) is 36.8 Å². The first kappa shape index (κ1) is 15.0. The van der Waals surface area contributed by atoms with Gasteiger partial charge in [-0.2, -0.15) is 4.31 Å². The largest absolute Gasteiger partial charge is 0.492 e. The van der Waals surface area contributed by atoms with E-state index in [9.17, 15) is 8.42 Å². The number of sulfonamides is 1. The summed E-state index contributed by atoms with van der Waals surface area (Å²) in [5.74, 6) is 0.867. The molecule has 5 rings (SSSR count). The van der Waals surface area contributed by atoms with Gasteiger partial charge >= 0.3 is 0 Å². The van der Waals surface area contributed by atoms with Crippen molar-refractivity contribution in [1.29, 1.82) is 0 Å². The maximum Gasteiger partial charge on any atom is 0.266 e. The van der Waals surface area contributed by atoms with Gasteiger partial charge in [-0.15, -0.1) is 0 Å². The first-order valence-corrected chi connectivity index (χ1v) is 9.73. The molecule has 2 aromatic carbocycles. The maximum absolute atomic E-state index is 13.1. The molecule has 25 heavy (non-hydrogen) atoms. The average Bonchev–Trinajstić information content (AvgIpc) is 3.32. The Kier molecular flexibility index (Phi) is 3.08. The Morgan fingerprint density at radius 3 is 2.52 bits per heavy atom. The van der Waals surface area contributed by atoms with Crippen LogP contribution in [0.2, 0.25) is 0 Å². The normalized spacial score (nSPS) is 20.6. The van der Waals surface area contributed by atoms with Crippen LogP contribution in [0.4, 0.5) is 0 Å². The van der Waals surface area contributed by atoms with Crippen molar-refractivity contribution >= 4 is 10.0 Å². The fraction of sp³-hybridized carbons (Fsp3) is 0.333. The fourth-order valence-electron chi connectivity index (χ4n) is 3.66. The molecular weight excluding hydrogens is 342 g/mol. The lowest BCUT2D eigenvalue weighted by molar-refractivity contribution is -0.0633. The second kappa shape index (κ2) is 5.12. The van der Waals surface area contributed by atoms with E-state index in [1.165, 1.54) is 4.31 Å². The lowest BCUT2D eigenvalue weighted by Gasteiger charge is -2.23. The first-order chi connectivity index (χ1) is 12.1. The van der Waals surface area contributed by atoms with Gasteiger partial charge in [0.1, 0.15) is 10.6 Å². The molecule has 3 aliphatic rings. The minimum Gasteiger partial charge on any atom is -0.492 e. The van der Waals surface area contributed by atoms with E-state index in [0.717, 1.165) is 12.0 Å². The molecule has 0 bridgehead atoms. The molecule has 2 aromatic rings. The van der Waals surface area contributed by atoms with Crippen LogP contribution in [0.15, 0.2) is 47.4 Å². The summed E-state index contributed by atoms with van der Waals surface area (Å²) in [6.07, 6.45) is 1.22. The van der Waals surface area contributed by atoms with Gasteiger partial charge in [-0.1, -0.05) is 24.3 Å². The van der Waals surface area contributed by atoms with Crippen LogP contribution >= 0.6 is 0 Å². The van der Waals surface area contributed by atoms with Crippen LogP contribution in [0.1, 0.15) is 12.0 Å². The van der Waals surface area contributed by atoms with Gasteiger partial charge in [0.05, 0.1) is 13.2 Å². The number of nitrogens with zero attached hydrogens (tertiary/aromatic N) is 1. The SMILES string of the molecule is O=S(=O)(c1cccc2c1OCC2)N1CCC2(C1)Oc1ccccc1O2. The standard InChI is InChI=1S/C18H17NO5S/c20-25(21,16-7-3-4-13-8-11-22-17(13)16)19-10-9-18(12-19)23-14-5-1-2-6-15(14)24-18/h1-7H,8-12H2. The maximum atomic E-state index is 13.1. The zero-order valence-corrected chi connectivity index (χ0v) is 14.3. The van der Waals surface area contributed by atoms with Crippen LogP contribution in [0.3, 0.4) is 0 Å². The third-order valence-electron chi connectivity index (χ3n) is 4.90. The van der Waals surface area contributed by atoms with Crippen molar-refractivity contribution in [3.05, 3.63) is 48.0 Å². The van der Waals surface area contributed by atoms with E-state index >= 15 is 0 Å². The summed E-state index contributed by atoms with van der Waals surface area (Å²) >= 11 is 0. The molecule has 3 heterocycles. The van der Waals surface area contributed by atoms with Gasteiger partial charge < -0.3 is 14.2 Å². The number of ether oxygens (including phenoxy) is 3. The number of para-hydroxylation sites is 3. The molecule has 0 unspecified atom stereocenters. The number of fused-ring (bicyclic) bond motifs is 2. The van der Waals surface area contributed by atoms with Crippen molar-refractivity contribution in [3.63, 3.8) is 0 Å².